The molecule has 0 bridgehead atoms. The van der Waals surface area contributed by atoms with Crippen LogP contribution in [0.15, 0.2) is 27.1 Å². The predicted octanol–water partition coefficient (Wildman–Crippen LogP) is 3.39. The van der Waals surface area contributed by atoms with E-state index in [0.29, 0.717) is 12.0 Å². The summed E-state index contributed by atoms with van der Waals surface area (Å²) in [5.41, 5.74) is 7.30. The number of rotatable bonds is 1. The smallest absolute Gasteiger partial charge is 0.0511 e. The van der Waals surface area contributed by atoms with E-state index >= 15 is 0 Å². The Labute approximate surface area is 113 Å². The Balaban J connectivity index is 2.18. The summed E-state index contributed by atoms with van der Waals surface area (Å²) < 4.78 is 2.24. The third-order valence-electron chi connectivity index (χ3n) is 3.22. The second-order valence-electron chi connectivity index (χ2n) is 4.47. The van der Waals surface area contributed by atoms with Crippen molar-refractivity contribution in [1.29, 1.82) is 0 Å². The van der Waals surface area contributed by atoms with Gasteiger partial charge >= 0.3 is 0 Å². The molecule has 0 amide bonds. The second kappa shape index (κ2) is 5.07. The molecule has 1 aromatic rings. The zero-order valence-corrected chi connectivity index (χ0v) is 12.5. The van der Waals surface area contributed by atoms with Gasteiger partial charge in [0.1, 0.15) is 0 Å². The minimum atomic E-state index is 0.352. The third-order valence-corrected chi connectivity index (χ3v) is 4.35. The minimum absolute atomic E-state index is 0.352. The maximum absolute atomic E-state index is 6.03. The lowest BCUT2D eigenvalue weighted by Crippen LogP contribution is -2.46. The first-order valence-corrected chi connectivity index (χ1v) is 7.12. The molecule has 0 aliphatic carbocycles. The zero-order valence-electron chi connectivity index (χ0n) is 9.29. The van der Waals surface area contributed by atoms with Crippen molar-refractivity contribution in [2.45, 2.75) is 19.4 Å². The molecular formula is C12H16Br2N2. The zero-order chi connectivity index (χ0) is 11.7. The van der Waals surface area contributed by atoms with Crippen LogP contribution in [0.3, 0.4) is 0 Å². The van der Waals surface area contributed by atoms with Crippen LogP contribution in [0.25, 0.3) is 0 Å². The molecule has 0 saturated carbocycles. The van der Waals surface area contributed by atoms with Gasteiger partial charge in [-0.15, -0.1) is 0 Å². The van der Waals surface area contributed by atoms with Gasteiger partial charge in [0, 0.05) is 28.1 Å². The fraction of sp³-hybridized carbons (Fsp3) is 0.500. The number of piperidine rings is 1. The molecule has 2 rings (SSSR count). The van der Waals surface area contributed by atoms with Crippen molar-refractivity contribution in [2.75, 3.05) is 18.0 Å². The number of anilines is 1. The van der Waals surface area contributed by atoms with Gasteiger partial charge in [-0.05, 0) is 46.5 Å². The Hall–Kier alpha value is -0.0600. The highest BCUT2D eigenvalue weighted by atomic mass is 79.9. The van der Waals surface area contributed by atoms with Gasteiger partial charge in [-0.1, -0.05) is 22.9 Å². The molecule has 0 spiro atoms. The number of hydrogen-bond donors (Lipinski definition) is 1. The van der Waals surface area contributed by atoms with Gasteiger partial charge in [-0.2, -0.15) is 0 Å². The molecule has 0 radical (unpaired) electrons. The van der Waals surface area contributed by atoms with Crippen LogP contribution in [0.4, 0.5) is 5.69 Å². The fourth-order valence-corrected chi connectivity index (χ4v) is 3.42. The third kappa shape index (κ3) is 2.60. The highest BCUT2D eigenvalue weighted by Gasteiger charge is 2.24. The molecule has 16 heavy (non-hydrogen) atoms. The number of benzene rings is 1. The Morgan fingerprint density at radius 2 is 2.12 bits per heavy atom. The van der Waals surface area contributed by atoms with Crippen LogP contribution >= 0.6 is 31.9 Å². The molecule has 2 unspecified atom stereocenters. The van der Waals surface area contributed by atoms with E-state index < -0.39 is 0 Å². The Morgan fingerprint density at radius 1 is 1.38 bits per heavy atom. The maximum atomic E-state index is 6.03. The number of nitrogens with zero attached hydrogens (tertiary/aromatic N) is 1. The Kier molecular flexibility index (Phi) is 3.93. The lowest BCUT2D eigenvalue weighted by atomic mass is 9.94. The first-order valence-electron chi connectivity index (χ1n) is 5.53. The first kappa shape index (κ1) is 12.4. The molecule has 0 aromatic heterocycles. The second-order valence-corrected chi connectivity index (χ2v) is 6.24. The summed E-state index contributed by atoms with van der Waals surface area (Å²) in [5, 5.41) is 0. The Morgan fingerprint density at radius 3 is 2.75 bits per heavy atom. The summed E-state index contributed by atoms with van der Waals surface area (Å²) in [6.07, 6.45) is 1.07. The predicted molar refractivity (Wildman–Crippen MR) is 75.8 cm³/mol. The molecule has 2 atom stereocenters. The van der Waals surface area contributed by atoms with E-state index in [-0.39, 0.29) is 0 Å². The first-order chi connectivity index (χ1) is 7.58. The summed E-state index contributed by atoms with van der Waals surface area (Å²) in [4.78, 5) is 2.41. The van der Waals surface area contributed by atoms with E-state index in [2.05, 4.69) is 61.9 Å². The molecule has 88 valence electrons. The normalized spacial score (nSPS) is 25.9. The largest absolute Gasteiger partial charge is 0.370 e. The Bertz CT molecular complexity index is 381. The van der Waals surface area contributed by atoms with E-state index in [4.69, 9.17) is 5.73 Å². The summed E-state index contributed by atoms with van der Waals surface area (Å²) in [5.74, 6) is 0.560. The standard InChI is InChI=1S/C12H16Br2N2/c1-8-7-16(5-4-11(8)15)12-3-2-9(13)6-10(12)14/h2-3,6,8,11H,4-5,7,15H2,1H3. The molecular weight excluding hydrogens is 332 g/mol. The highest BCUT2D eigenvalue weighted by Crippen LogP contribution is 2.31. The number of halogens is 2. The van der Waals surface area contributed by atoms with Gasteiger partial charge < -0.3 is 10.6 Å². The van der Waals surface area contributed by atoms with Crippen molar-refractivity contribution in [1.82, 2.24) is 0 Å². The van der Waals surface area contributed by atoms with Gasteiger partial charge in [-0.25, -0.2) is 0 Å². The van der Waals surface area contributed by atoms with Gasteiger partial charge in [0.15, 0.2) is 0 Å². The lowest BCUT2D eigenvalue weighted by molar-refractivity contribution is 0.382. The van der Waals surface area contributed by atoms with Crippen LogP contribution < -0.4 is 10.6 Å². The van der Waals surface area contributed by atoms with Crippen molar-refractivity contribution in [3.8, 4) is 0 Å². The van der Waals surface area contributed by atoms with Crippen molar-refractivity contribution in [2.24, 2.45) is 11.7 Å². The molecule has 1 aromatic carbocycles. The van der Waals surface area contributed by atoms with Crippen molar-refractivity contribution >= 4 is 37.5 Å². The average molecular weight is 348 g/mol. The fourth-order valence-electron chi connectivity index (χ4n) is 2.12. The van der Waals surface area contributed by atoms with Gasteiger partial charge in [0.25, 0.3) is 0 Å². The SMILES string of the molecule is CC1CN(c2ccc(Br)cc2Br)CCC1N. The van der Waals surface area contributed by atoms with E-state index in [0.717, 1.165) is 28.5 Å². The monoisotopic (exact) mass is 346 g/mol. The number of nitrogens with two attached hydrogens (primary N) is 1. The molecule has 1 aliphatic heterocycles. The molecule has 4 heteroatoms. The molecule has 1 heterocycles. The summed E-state index contributed by atoms with van der Waals surface area (Å²) >= 11 is 7.09. The van der Waals surface area contributed by atoms with E-state index in [1.807, 2.05) is 0 Å². The molecule has 1 saturated heterocycles. The summed E-state index contributed by atoms with van der Waals surface area (Å²) in [6.45, 7) is 4.32. The van der Waals surface area contributed by atoms with Gasteiger partial charge in [0.2, 0.25) is 0 Å². The molecule has 1 fully saturated rings. The van der Waals surface area contributed by atoms with Crippen molar-refractivity contribution < 1.29 is 0 Å². The van der Waals surface area contributed by atoms with Crippen LogP contribution in [-0.4, -0.2) is 19.1 Å². The van der Waals surface area contributed by atoms with E-state index in [1.165, 1.54) is 5.69 Å². The maximum Gasteiger partial charge on any atom is 0.0511 e. The van der Waals surface area contributed by atoms with Crippen LogP contribution in [0.5, 0.6) is 0 Å². The van der Waals surface area contributed by atoms with Crippen LogP contribution in [0.1, 0.15) is 13.3 Å². The lowest BCUT2D eigenvalue weighted by Gasteiger charge is -2.37. The van der Waals surface area contributed by atoms with Crippen LogP contribution in [0, 0.1) is 5.92 Å². The van der Waals surface area contributed by atoms with Gasteiger partial charge in [0.05, 0.1) is 5.69 Å². The van der Waals surface area contributed by atoms with Crippen molar-refractivity contribution in [3.05, 3.63) is 27.1 Å². The summed E-state index contributed by atoms with van der Waals surface area (Å²) in [7, 11) is 0. The highest BCUT2D eigenvalue weighted by molar-refractivity contribution is 9.11. The van der Waals surface area contributed by atoms with Crippen molar-refractivity contribution in [3.63, 3.8) is 0 Å². The summed E-state index contributed by atoms with van der Waals surface area (Å²) in [6, 6.07) is 6.68. The van der Waals surface area contributed by atoms with E-state index in [9.17, 15) is 0 Å². The minimum Gasteiger partial charge on any atom is -0.370 e. The topological polar surface area (TPSA) is 29.3 Å². The number of hydrogen-bond acceptors (Lipinski definition) is 2. The van der Waals surface area contributed by atoms with Gasteiger partial charge in [-0.3, -0.25) is 0 Å². The molecule has 2 nitrogen and oxygen atoms in total. The molecule has 1 aliphatic rings. The quantitative estimate of drug-likeness (QED) is 0.843. The average Bonchev–Trinajstić information content (AvgIpc) is 2.22. The van der Waals surface area contributed by atoms with E-state index in [1.54, 1.807) is 0 Å². The van der Waals surface area contributed by atoms with Crippen LogP contribution in [0.2, 0.25) is 0 Å². The van der Waals surface area contributed by atoms with Crippen LogP contribution in [-0.2, 0) is 0 Å². The molecule has 2 N–H and O–H groups in total.